The summed E-state index contributed by atoms with van der Waals surface area (Å²) in [6.07, 6.45) is 1.13. The molecule has 0 aliphatic carbocycles. The third-order valence-corrected chi connectivity index (χ3v) is 4.29. The summed E-state index contributed by atoms with van der Waals surface area (Å²) in [5.74, 6) is 3.23. The van der Waals surface area contributed by atoms with Gasteiger partial charge in [-0.15, -0.1) is 34.2 Å². The summed E-state index contributed by atoms with van der Waals surface area (Å²) < 4.78 is 12.7. The molecule has 9 heteroatoms. The third-order valence-electron chi connectivity index (χ3n) is 4.29. The Morgan fingerprint density at radius 1 is 1.40 bits per heavy atom. The lowest BCUT2D eigenvalue weighted by atomic mass is 10.1. The summed E-state index contributed by atoms with van der Waals surface area (Å²) in [6, 6.07) is 0. The lowest BCUT2D eigenvalue weighted by Gasteiger charge is -2.22. The van der Waals surface area contributed by atoms with Crippen molar-refractivity contribution in [1.82, 2.24) is 25.0 Å². The summed E-state index contributed by atoms with van der Waals surface area (Å²) in [6.45, 7) is 9.43. The number of halogens is 1. The first-order valence-corrected chi connectivity index (χ1v) is 8.60. The van der Waals surface area contributed by atoms with Crippen LogP contribution >= 0.6 is 24.0 Å². The van der Waals surface area contributed by atoms with E-state index in [0.29, 0.717) is 19.1 Å². The number of nitrogens with zero attached hydrogens (tertiary/aromatic N) is 5. The summed E-state index contributed by atoms with van der Waals surface area (Å²) in [4.78, 5) is 7.04. The average Bonchev–Trinajstić information content (AvgIpc) is 3.17. The van der Waals surface area contributed by atoms with Crippen molar-refractivity contribution in [3.8, 4) is 0 Å². The van der Waals surface area contributed by atoms with Gasteiger partial charge in [-0.3, -0.25) is 0 Å². The number of rotatable bonds is 8. The van der Waals surface area contributed by atoms with E-state index in [1.807, 2.05) is 25.5 Å². The number of ether oxygens (including phenoxy) is 2. The lowest BCUT2D eigenvalue weighted by Crippen LogP contribution is -2.41. The molecule has 144 valence electrons. The maximum atomic E-state index is 5.56. The zero-order valence-electron chi connectivity index (χ0n) is 15.7. The van der Waals surface area contributed by atoms with Gasteiger partial charge in [0.15, 0.2) is 11.8 Å². The maximum absolute atomic E-state index is 5.56. The Labute approximate surface area is 167 Å². The van der Waals surface area contributed by atoms with E-state index in [4.69, 9.17) is 14.5 Å². The number of aryl methyl sites for hydroxylation is 1. The maximum Gasteiger partial charge on any atom is 0.194 e. The van der Waals surface area contributed by atoms with Gasteiger partial charge in [-0.2, -0.15) is 0 Å². The van der Waals surface area contributed by atoms with Crippen molar-refractivity contribution in [2.24, 2.45) is 18.0 Å². The molecule has 25 heavy (non-hydrogen) atoms. The van der Waals surface area contributed by atoms with E-state index in [0.717, 1.165) is 56.9 Å². The van der Waals surface area contributed by atoms with E-state index < -0.39 is 0 Å². The van der Waals surface area contributed by atoms with Crippen molar-refractivity contribution in [1.29, 1.82) is 0 Å². The smallest absolute Gasteiger partial charge is 0.194 e. The normalized spacial score (nSPS) is 17.7. The molecule has 0 saturated carbocycles. The average molecular weight is 466 g/mol. The first-order valence-electron chi connectivity index (χ1n) is 8.60. The zero-order valence-corrected chi connectivity index (χ0v) is 18.0. The first kappa shape index (κ1) is 22.1. The number of nitrogens with one attached hydrogen (secondary N) is 1. The topological polar surface area (TPSA) is 76.8 Å². The quantitative estimate of drug-likeness (QED) is 0.269. The largest absolute Gasteiger partial charge is 0.383 e. The van der Waals surface area contributed by atoms with Gasteiger partial charge in [0.2, 0.25) is 0 Å². The van der Waals surface area contributed by atoms with Crippen molar-refractivity contribution < 1.29 is 9.47 Å². The molecule has 0 radical (unpaired) electrons. The van der Waals surface area contributed by atoms with Crippen LogP contribution in [0.1, 0.15) is 25.0 Å². The van der Waals surface area contributed by atoms with Gasteiger partial charge in [-0.25, -0.2) is 4.99 Å². The van der Waals surface area contributed by atoms with E-state index in [-0.39, 0.29) is 24.0 Å². The van der Waals surface area contributed by atoms with Gasteiger partial charge < -0.3 is 24.3 Å². The Bertz CT molecular complexity index is 537. The van der Waals surface area contributed by atoms with Crippen LogP contribution in [0.25, 0.3) is 0 Å². The predicted molar refractivity (Wildman–Crippen MR) is 108 cm³/mol. The minimum absolute atomic E-state index is 0. The molecule has 1 aromatic heterocycles. The first-order chi connectivity index (χ1) is 11.7. The standard InChI is InChI=1S/C16H30N6O2.HI/c1-5-24-12-14-6-8-22(11-14)16(17-7-9-23-4)18-10-15-20-19-13(2)21(15)3;/h14H,5-12H2,1-4H3,(H,17,18);1H. The van der Waals surface area contributed by atoms with Gasteiger partial charge in [0.25, 0.3) is 0 Å². The Kier molecular flexibility index (Phi) is 10.3. The Hall–Kier alpha value is -0.940. The van der Waals surface area contributed by atoms with Crippen LogP contribution in [-0.2, 0) is 23.1 Å². The van der Waals surface area contributed by atoms with E-state index in [9.17, 15) is 0 Å². The molecule has 1 aromatic rings. The molecule has 1 unspecified atom stereocenters. The molecule has 2 rings (SSSR count). The SMILES string of the molecule is CCOCC1CCN(C(=NCc2nnc(C)n2C)NCCOC)C1.I. The Morgan fingerprint density at radius 2 is 2.20 bits per heavy atom. The van der Waals surface area contributed by atoms with E-state index >= 15 is 0 Å². The number of hydrogen-bond acceptors (Lipinski definition) is 5. The highest BCUT2D eigenvalue weighted by Crippen LogP contribution is 2.17. The molecule has 0 aromatic carbocycles. The number of guanidine groups is 1. The van der Waals surface area contributed by atoms with Gasteiger partial charge in [0, 0.05) is 46.3 Å². The van der Waals surface area contributed by atoms with Crippen molar-refractivity contribution in [2.45, 2.75) is 26.8 Å². The van der Waals surface area contributed by atoms with Crippen molar-refractivity contribution in [3.63, 3.8) is 0 Å². The van der Waals surface area contributed by atoms with Gasteiger partial charge in [0.05, 0.1) is 13.2 Å². The molecule has 0 spiro atoms. The summed E-state index contributed by atoms with van der Waals surface area (Å²) >= 11 is 0. The number of aromatic nitrogens is 3. The van der Waals surface area contributed by atoms with E-state index in [1.165, 1.54) is 0 Å². The summed E-state index contributed by atoms with van der Waals surface area (Å²) in [5, 5.41) is 11.7. The zero-order chi connectivity index (χ0) is 17.4. The predicted octanol–water partition coefficient (Wildman–Crippen LogP) is 1.19. The Morgan fingerprint density at radius 3 is 2.84 bits per heavy atom. The fourth-order valence-corrected chi connectivity index (χ4v) is 2.71. The molecule has 1 saturated heterocycles. The molecule has 1 N–H and O–H groups in total. The van der Waals surface area contributed by atoms with Crippen molar-refractivity contribution in [3.05, 3.63) is 11.6 Å². The summed E-state index contributed by atoms with van der Waals surface area (Å²) in [5.41, 5.74) is 0. The molecular weight excluding hydrogens is 435 g/mol. The second-order valence-electron chi connectivity index (χ2n) is 6.04. The number of likely N-dealkylation sites (tertiary alicyclic amines) is 1. The van der Waals surface area contributed by atoms with Crippen LogP contribution in [0.3, 0.4) is 0 Å². The van der Waals surface area contributed by atoms with Gasteiger partial charge in [0.1, 0.15) is 12.4 Å². The lowest BCUT2D eigenvalue weighted by molar-refractivity contribution is 0.114. The molecule has 1 fully saturated rings. The van der Waals surface area contributed by atoms with Crippen LogP contribution in [0.15, 0.2) is 4.99 Å². The van der Waals surface area contributed by atoms with E-state index in [2.05, 4.69) is 20.4 Å². The second-order valence-corrected chi connectivity index (χ2v) is 6.04. The number of hydrogen-bond donors (Lipinski definition) is 1. The highest BCUT2D eigenvalue weighted by atomic mass is 127. The third kappa shape index (κ3) is 6.70. The minimum Gasteiger partial charge on any atom is -0.383 e. The van der Waals surface area contributed by atoms with Crippen LogP contribution in [0.2, 0.25) is 0 Å². The van der Waals surface area contributed by atoms with Crippen molar-refractivity contribution in [2.75, 3.05) is 46.6 Å². The van der Waals surface area contributed by atoms with Gasteiger partial charge >= 0.3 is 0 Å². The second kappa shape index (κ2) is 11.6. The van der Waals surface area contributed by atoms with Gasteiger partial charge in [-0.1, -0.05) is 0 Å². The Balaban J connectivity index is 0.00000312. The minimum atomic E-state index is 0. The van der Waals surface area contributed by atoms with E-state index in [1.54, 1.807) is 7.11 Å². The fraction of sp³-hybridized carbons (Fsp3) is 0.812. The number of aliphatic imine (C=N–C) groups is 1. The van der Waals surface area contributed by atoms with Crippen LogP contribution in [0, 0.1) is 12.8 Å². The number of methoxy groups -OCH3 is 1. The molecule has 1 atom stereocenters. The molecule has 0 amide bonds. The fourth-order valence-electron chi connectivity index (χ4n) is 2.71. The highest BCUT2D eigenvalue weighted by molar-refractivity contribution is 14.0. The summed E-state index contributed by atoms with van der Waals surface area (Å²) in [7, 11) is 3.67. The van der Waals surface area contributed by atoms with Crippen LogP contribution in [0.5, 0.6) is 0 Å². The van der Waals surface area contributed by atoms with Crippen LogP contribution in [-0.4, -0.2) is 72.2 Å². The van der Waals surface area contributed by atoms with Crippen LogP contribution < -0.4 is 5.32 Å². The molecule has 0 bridgehead atoms. The monoisotopic (exact) mass is 466 g/mol. The molecular formula is C16H31IN6O2. The molecule has 1 aliphatic rings. The molecule has 1 aliphatic heterocycles. The molecule has 8 nitrogen and oxygen atoms in total. The highest BCUT2D eigenvalue weighted by Gasteiger charge is 2.25. The molecule has 2 heterocycles. The van der Waals surface area contributed by atoms with Crippen LogP contribution in [0.4, 0.5) is 0 Å². The van der Waals surface area contributed by atoms with Crippen molar-refractivity contribution >= 4 is 29.9 Å². The van der Waals surface area contributed by atoms with Gasteiger partial charge in [-0.05, 0) is 20.3 Å².